The summed E-state index contributed by atoms with van der Waals surface area (Å²) in [6.45, 7) is 5.74. The molecule has 3 nitrogen and oxygen atoms in total. The Balaban J connectivity index is 3.78. The maximum atomic E-state index is 11.3. The minimum absolute atomic E-state index is 0.113. The summed E-state index contributed by atoms with van der Waals surface area (Å²) in [5.74, 6) is 0. The van der Waals surface area contributed by atoms with Gasteiger partial charge in [-0.15, -0.1) is 0 Å². The Morgan fingerprint density at radius 1 is 1.50 bits per heavy atom. The van der Waals surface area contributed by atoms with Crippen LogP contribution in [0.15, 0.2) is 0 Å². The van der Waals surface area contributed by atoms with Gasteiger partial charge in [-0.3, -0.25) is 4.57 Å². The second kappa shape index (κ2) is 5.74. The van der Waals surface area contributed by atoms with Gasteiger partial charge in [0, 0.05) is 6.16 Å². The molecule has 0 heterocycles. The summed E-state index contributed by atoms with van der Waals surface area (Å²) in [5, 5.41) is 0. The molecular formula is C8H19O3P. The summed E-state index contributed by atoms with van der Waals surface area (Å²) in [6.07, 6.45) is 2.63. The van der Waals surface area contributed by atoms with E-state index in [1.807, 2.05) is 20.8 Å². The Labute approximate surface area is 74.7 Å². The monoisotopic (exact) mass is 194 g/mol. The molecule has 0 aliphatic rings. The van der Waals surface area contributed by atoms with Gasteiger partial charge < -0.3 is 9.42 Å². The van der Waals surface area contributed by atoms with Gasteiger partial charge in [-0.1, -0.05) is 20.3 Å². The molecule has 0 aromatic carbocycles. The molecule has 0 spiro atoms. The average molecular weight is 194 g/mol. The summed E-state index contributed by atoms with van der Waals surface area (Å²) in [7, 11) is -3.28. The minimum atomic E-state index is -3.28. The van der Waals surface area contributed by atoms with Gasteiger partial charge >= 0.3 is 7.60 Å². The predicted molar refractivity (Wildman–Crippen MR) is 50.4 cm³/mol. The van der Waals surface area contributed by atoms with Crippen molar-refractivity contribution in [3.05, 3.63) is 0 Å². The van der Waals surface area contributed by atoms with Crippen molar-refractivity contribution in [1.82, 2.24) is 0 Å². The highest BCUT2D eigenvalue weighted by Gasteiger charge is 2.20. The van der Waals surface area contributed by atoms with Crippen LogP contribution < -0.4 is 0 Å². The molecule has 0 rings (SSSR count). The van der Waals surface area contributed by atoms with Gasteiger partial charge in [-0.05, 0) is 19.8 Å². The summed E-state index contributed by atoms with van der Waals surface area (Å²) in [6, 6.07) is 0. The Kier molecular flexibility index (Phi) is 5.81. The molecule has 0 amide bonds. The molecule has 1 N–H and O–H groups in total. The molecule has 2 atom stereocenters. The molecule has 0 fully saturated rings. The van der Waals surface area contributed by atoms with E-state index >= 15 is 0 Å². The van der Waals surface area contributed by atoms with Crippen molar-refractivity contribution in [2.75, 3.05) is 6.16 Å². The van der Waals surface area contributed by atoms with Crippen molar-refractivity contribution in [2.24, 2.45) is 0 Å². The molecule has 0 aromatic rings. The highest BCUT2D eigenvalue weighted by Crippen LogP contribution is 2.44. The van der Waals surface area contributed by atoms with Crippen LogP contribution >= 0.6 is 7.60 Å². The standard InChI is InChI=1S/C8H19O3P/c1-4-6-7-12(9,10)11-8(3)5-2/h8H,4-7H2,1-3H3,(H,9,10). The fourth-order valence-electron chi connectivity index (χ4n) is 0.766. The summed E-state index contributed by atoms with van der Waals surface area (Å²) < 4.78 is 16.3. The van der Waals surface area contributed by atoms with Crippen LogP contribution in [0.2, 0.25) is 0 Å². The third kappa shape index (κ3) is 5.76. The third-order valence-corrected chi connectivity index (χ3v) is 3.28. The van der Waals surface area contributed by atoms with Crippen LogP contribution in [0.25, 0.3) is 0 Å². The van der Waals surface area contributed by atoms with E-state index in [-0.39, 0.29) is 12.3 Å². The van der Waals surface area contributed by atoms with E-state index in [9.17, 15) is 9.46 Å². The van der Waals surface area contributed by atoms with Crippen LogP contribution in [0.1, 0.15) is 40.0 Å². The molecular weight excluding hydrogens is 175 g/mol. The fourth-order valence-corrected chi connectivity index (χ4v) is 2.30. The molecule has 4 heteroatoms. The molecule has 0 aliphatic carbocycles. The molecule has 12 heavy (non-hydrogen) atoms. The quantitative estimate of drug-likeness (QED) is 0.661. The molecule has 0 saturated heterocycles. The fraction of sp³-hybridized carbons (Fsp3) is 1.00. The van der Waals surface area contributed by atoms with E-state index in [2.05, 4.69) is 0 Å². The number of rotatable bonds is 6. The molecule has 2 unspecified atom stereocenters. The van der Waals surface area contributed by atoms with Crippen molar-refractivity contribution in [3.63, 3.8) is 0 Å². The Morgan fingerprint density at radius 2 is 2.08 bits per heavy atom. The van der Waals surface area contributed by atoms with Crippen LogP contribution in [-0.4, -0.2) is 17.2 Å². The van der Waals surface area contributed by atoms with E-state index in [0.717, 1.165) is 19.3 Å². The van der Waals surface area contributed by atoms with Crippen LogP contribution in [-0.2, 0) is 9.09 Å². The Bertz CT molecular complexity index is 158. The third-order valence-electron chi connectivity index (χ3n) is 1.71. The van der Waals surface area contributed by atoms with Gasteiger partial charge in [0.05, 0.1) is 6.10 Å². The lowest BCUT2D eigenvalue weighted by Gasteiger charge is -2.16. The van der Waals surface area contributed by atoms with E-state index < -0.39 is 7.60 Å². The topological polar surface area (TPSA) is 46.5 Å². The zero-order chi connectivity index (χ0) is 9.61. The molecule has 0 aliphatic heterocycles. The zero-order valence-electron chi connectivity index (χ0n) is 8.12. The number of hydrogen-bond acceptors (Lipinski definition) is 2. The molecule has 0 saturated carbocycles. The first-order valence-corrected chi connectivity index (χ1v) is 6.28. The van der Waals surface area contributed by atoms with E-state index in [0.29, 0.717) is 0 Å². The van der Waals surface area contributed by atoms with Crippen molar-refractivity contribution in [3.8, 4) is 0 Å². The minimum Gasteiger partial charge on any atom is -0.324 e. The predicted octanol–water partition coefficient (Wildman–Crippen LogP) is 2.79. The normalized spacial score (nSPS) is 18.7. The average Bonchev–Trinajstić information content (AvgIpc) is 2.00. The van der Waals surface area contributed by atoms with Crippen LogP contribution in [0.5, 0.6) is 0 Å². The zero-order valence-corrected chi connectivity index (χ0v) is 9.01. The van der Waals surface area contributed by atoms with Crippen molar-refractivity contribution in [2.45, 2.75) is 46.1 Å². The Morgan fingerprint density at radius 3 is 2.50 bits per heavy atom. The lowest BCUT2D eigenvalue weighted by Crippen LogP contribution is -2.06. The summed E-state index contributed by atoms with van der Waals surface area (Å²) in [4.78, 5) is 9.28. The van der Waals surface area contributed by atoms with Gasteiger partial charge in [-0.25, -0.2) is 0 Å². The van der Waals surface area contributed by atoms with Gasteiger partial charge in [-0.2, -0.15) is 0 Å². The smallest absolute Gasteiger partial charge is 0.324 e. The van der Waals surface area contributed by atoms with Gasteiger partial charge in [0.25, 0.3) is 0 Å². The molecule has 0 aromatic heterocycles. The van der Waals surface area contributed by atoms with Crippen molar-refractivity contribution in [1.29, 1.82) is 0 Å². The maximum Gasteiger partial charge on any atom is 0.328 e. The second-order valence-corrected chi connectivity index (χ2v) is 4.97. The van der Waals surface area contributed by atoms with E-state index in [1.165, 1.54) is 0 Å². The second-order valence-electron chi connectivity index (χ2n) is 3.04. The summed E-state index contributed by atoms with van der Waals surface area (Å²) in [5.41, 5.74) is 0. The van der Waals surface area contributed by atoms with Crippen LogP contribution in [0.3, 0.4) is 0 Å². The van der Waals surface area contributed by atoms with Crippen LogP contribution in [0, 0.1) is 0 Å². The van der Waals surface area contributed by atoms with E-state index in [4.69, 9.17) is 4.52 Å². The molecule has 0 bridgehead atoms. The molecule has 0 radical (unpaired) electrons. The first-order chi connectivity index (χ1) is 5.52. The van der Waals surface area contributed by atoms with Crippen molar-refractivity contribution >= 4 is 7.60 Å². The number of hydrogen-bond donors (Lipinski definition) is 1. The lowest BCUT2D eigenvalue weighted by atomic mass is 10.3. The highest BCUT2D eigenvalue weighted by molar-refractivity contribution is 7.52. The number of unbranched alkanes of at least 4 members (excludes halogenated alkanes) is 1. The molecule has 74 valence electrons. The Hall–Kier alpha value is 0.150. The highest BCUT2D eigenvalue weighted by atomic mass is 31.2. The maximum absolute atomic E-state index is 11.3. The van der Waals surface area contributed by atoms with Crippen LogP contribution in [0.4, 0.5) is 0 Å². The van der Waals surface area contributed by atoms with E-state index in [1.54, 1.807) is 0 Å². The van der Waals surface area contributed by atoms with Gasteiger partial charge in [0.15, 0.2) is 0 Å². The lowest BCUT2D eigenvalue weighted by molar-refractivity contribution is 0.185. The largest absolute Gasteiger partial charge is 0.328 e. The first kappa shape index (κ1) is 12.2. The first-order valence-electron chi connectivity index (χ1n) is 4.52. The van der Waals surface area contributed by atoms with Gasteiger partial charge in [0.2, 0.25) is 0 Å². The van der Waals surface area contributed by atoms with Gasteiger partial charge in [0.1, 0.15) is 0 Å². The summed E-state index contributed by atoms with van der Waals surface area (Å²) >= 11 is 0. The SMILES string of the molecule is CCCCP(=O)(O)OC(C)CC. The van der Waals surface area contributed by atoms with Crippen molar-refractivity contribution < 1.29 is 14.0 Å².